The van der Waals surface area contributed by atoms with Crippen LogP contribution in [0.1, 0.15) is 36.3 Å². The quantitative estimate of drug-likeness (QED) is 0.557. The Kier molecular flexibility index (Phi) is 6.68. The average molecular weight is 529 g/mol. The second-order valence-corrected chi connectivity index (χ2v) is 9.28. The minimum absolute atomic E-state index is 0.0460. The summed E-state index contributed by atoms with van der Waals surface area (Å²) in [6.07, 6.45) is 1.97. The van der Waals surface area contributed by atoms with E-state index in [1.165, 1.54) is 0 Å². The van der Waals surface area contributed by atoms with Crippen LogP contribution in [0.3, 0.4) is 0 Å². The maximum Gasteiger partial charge on any atom is 0.175 e. The number of benzene rings is 2. The summed E-state index contributed by atoms with van der Waals surface area (Å²) in [5.41, 5.74) is 9.86. The van der Waals surface area contributed by atoms with E-state index in [0.29, 0.717) is 51.0 Å². The van der Waals surface area contributed by atoms with E-state index < -0.39 is 5.92 Å². The number of Topliss-reactive ketones (excluding diaryl/α,β-unsaturated/α-hetero) is 1. The Balaban J connectivity index is 1.76. The second-order valence-electron chi connectivity index (χ2n) is 7.99. The fourth-order valence-corrected chi connectivity index (χ4v) is 5.21. The van der Waals surface area contributed by atoms with Gasteiger partial charge in [-0.05, 0) is 64.2 Å². The van der Waals surface area contributed by atoms with Crippen LogP contribution in [-0.4, -0.2) is 24.8 Å². The van der Waals surface area contributed by atoms with Gasteiger partial charge in [0.15, 0.2) is 17.3 Å². The molecular weight excluding hydrogens is 506 g/mol. The maximum absolute atomic E-state index is 13.0. The number of methoxy groups -OCH3 is 1. The van der Waals surface area contributed by atoms with Crippen molar-refractivity contribution < 1.29 is 14.3 Å². The Morgan fingerprint density at radius 1 is 1.30 bits per heavy atom. The van der Waals surface area contributed by atoms with Crippen molar-refractivity contribution in [3.8, 4) is 17.6 Å². The van der Waals surface area contributed by atoms with Gasteiger partial charge in [-0.15, -0.1) is 0 Å². The van der Waals surface area contributed by atoms with Gasteiger partial charge in [-0.2, -0.15) is 5.26 Å². The van der Waals surface area contributed by atoms with E-state index in [1.54, 1.807) is 25.1 Å². The third-order valence-corrected chi connectivity index (χ3v) is 6.85. The van der Waals surface area contributed by atoms with Crippen molar-refractivity contribution in [1.29, 1.82) is 5.26 Å². The number of carbonyl (C=O) groups excluding carboxylic acids is 1. The monoisotopic (exact) mass is 527 g/mol. The van der Waals surface area contributed by atoms with E-state index >= 15 is 0 Å². The first-order chi connectivity index (χ1) is 15.8. The number of nitrogens with zero attached hydrogens (tertiary/aromatic N) is 2. The molecule has 2 aromatic rings. The van der Waals surface area contributed by atoms with Crippen LogP contribution in [-0.2, 0) is 11.4 Å². The minimum atomic E-state index is -0.554. The average Bonchev–Trinajstić information content (AvgIpc) is 2.80. The summed E-state index contributed by atoms with van der Waals surface area (Å²) >= 11 is 9.67. The molecular formula is C25H23BrClN3O3. The predicted octanol–water partition coefficient (Wildman–Crippen LogP) is 5.42. The van der Waals surface area contributed by atoms with E-state index in [2.05, 4.69) is 22.0 Å². The van der Waals surface area contributed by atoms with Crippen LogP contribution < -0.4 is 15.2 Å². The molecule has 0 aromatic heterocycles. The summed E-state index contributed by atoms with van der Waals surface area (Å²) in [7, 11) is 3.36. The zero-order valence-corrected chi connectivity index (χ0v) is 20.7. The molecule has 0 amide bonds. The molecule has 6 nitrogen and oxygen atoms in total. The molecule has 0 fully saturated rings. The largest absolute Gasteiger partial charge is 0.493 e. The lowest BCUT2D eigenvalue weighted by atomic mass is 9.76. The van der Waals surface area contributed by atoms with E-state index in [9.17, 15) is 10.1 Å². The zero-order valence-electron chi connectivity index (χ0n) is 18.3. The lowest BCUT2D eigenvalue weighted by molar-refractivity contribution is -0.116. The highest BCUT2D eigenvalue weighted by molar-refractivity contribution is 9.10. The first kappa shape index (κ1) is 23.2. The van der Waals surface area contributed by atoms with Gasteiger partial charge in [-0.3, -0.25) is 4.79 Å². The van der Waals surface area contributed by atoms with E-state index in [0.717, 1.165) is 29.7 Å². The molecule has 8 heteroatoms. The third kappa shape index (κ3) is 4.33. The first-order valence-electron chi connectivity index (χ1n) is 10.5. The smallest absolute Gasteiger partial charge is 0.175 e. The lowest BCUT2D eigenvalue weighted by Gasteiger charge is -2.37. The van der Waals surface area contributed by atoms with Crippen molar-refractivity contribution in [3.05, 3.63) is 79.7 Å². The van der Waals surface area contributed by atoms with Crippen molar-refractivity contribution in [2.45, 2.75) is 31.8 Å². The van der Waals surface area contributed by atoms with Gasteiger partial charge in [0.2, 0.25) is 0 Å². The number of carbonyl (C=O) groups is 1. The van der Waals surface area contributed by atoms with Gasteiger partial charge >= 0.3 is 0 Å². The number of allylic oxidation sites excluding steroid dienone is 3. The molecule has 1 aliphatic carbocycles. The summed E-state index contributed by atoms with van der Waals surface area (Å²) < 4.78 is 12.3. The van der Waals surface area contributed by atoms with Crippen molar-refractivity contribution in [1.82, 2.24) is 4.90 Å². The zero-order chi connectivity index (χ0) is 23.7. The number of ether oxygens (including phenoxy) is 2. The van der Waals surface area contributed by atoms with Gasteiger partial charge in [-0.25, -0.2) is 0 Å². The van der Waals surface area contributed by atoms with Crippen molar-refractivity contribution in [2.75, 3.05) is 14.2 Å². The molecule has 0 spiro atoms. The van der Waals surface area contributed by atoms with Gasteiger partial charge in [0.1, 0.15) is 12.4 Å². The van der Waals surface area contributed by atoms with Crippen LogP contribution in [0.5, 0.6) is 11.5 Å². The summed E-state index contributed by atoms with van der Waals surface area (Å²) in [5, 5.41) is 10.6. The van der Waals surface area contributed by atoms with Gasteiger partial charge in [0.25, 0.3) is 0 Å². The predicted molar refractivity (Wildman–Crippen MR) is 130 cm³/mol. The van der Waals surface area contributed by atoms with Gasteiger partial charge in [0.05, 0.1) is 29.1 Å². The van der Waals surface area contributed by atoms with Gasteiger partial charge in [-0.1, -0.05) is 23.7 Å². The van der Waals surface area contributed by atoms with Crippen LogP contribution in [0.2, 0.25) is 5.02 Å². The fourth-order valence-electron chi connectivity index (χ4n) is 4.42. The van der Waals surface area contributed by atoms with E-state index in [4.69, 9.17) is 26.8 Å². The number of hydrogen-bond acceptors (Lipinski definition) is 6. The summed E-state index contributed by atoms with van der Waals surface area (Å²) in [6, 6.07) is 13.3. The van der Waals surface area contributed by atoms with Crippen LogP contribution in [0.4, 0.5) is 0 Å². The topological polar surface area (TPSA) is 88.6 Å². The minimum Gasteiger partial charge on any atom is -0.493 e. The Labute approximate surface area is 206 Å². The molecule has 0 bridgehead atoms. The summed E-state index contributed by atoms with van der Waals surface area (Å²) in [6.45, 7) is 0.299. The normalized spacial score (nSPS) is 18.2. The van der Waals surface area contributed by atoms with Crippen LogP contribution in [0.15, 0.2) is 63.5 Å². The molecule has 1 heterocycles. The highest BCUT2D eigenvalue weighted by Crippen LogP contribution is 2.47. The SMILES string of the molecule is COc1cc([C@H]2C(C#N)=C(N)N(C)C3=C2C(=O)CCC3)cc(Br)c1OCc1cccc(Cl)c1. The molecule has 170 valence electrons. The lowest BCUT2D eigenvalue weighted by Crippen LogP contribution is -2.36. The number of halogens is 2. The summed E-state index contributed by atoms with van der Waals surface area (Å²) in [4.78, 5) is 14.8. The first-order valence-corrected chi connectivity index (χ1v) is 11.7. The Morgan fingerprint density at radius 2 is 2.09 bits per heavy atom. The standard InChI is InChI=1S/C25H23BrClN3O3/c1-30-19-7-4-8-20(31)23(19)22(17(12-28)25(30)29)15-10-18(26)24(21(11-15)32-2)33-13-14-5-3-6-16(27)9-14/h3,5-6,9-11,22H,4,7-8,13,29H2,1-2H3/t22-/m0/s1. The molecule has 2 aromatic carbocycles. The maximum atomic E-state index is 13.0. The number of nitrogens with two attached hydrogens (primary N) is 1. The Morgan fingerprint density at radius 3 is 2.79 bits per heavy atom. The van der Waals surface area contributed by atoms with Crippen molar-refractivity contribution in [3.63, 3.8) is 0 Å². The highest BCUT2D eigenvalue weighted by Gasteiger charge is 2.39. The molecule has 1 atom stereocenters. The van der Waals surface area contributed by atoms with Crippen LogP contribution in [0.25, 0.3) is 0 Å². The highest BCUT2D eigenvalue weighted by atomic mass is 79.9. The van der Waals surface area contributed by atoms with Crippen molar-refractivity contribution in [2.24, 2.45) is 5.73 Å². The Hall–Kier alpha value is -2.95. The number of ketones is 1. The molecule has 2 N–H and O–H groups in total. The molecule has 0 unspecified atom stereocenters. The van der Waals surface area contributed by atoms with Gasteiger partial charge in [0, 0.05) is 29.8 Å². The molecule has 1 aliphatic heterocycles. The third-order valence-electron chi connectivity index (χ3n) is 6.03. The van der Waals surface area contributed by atoms with E-state index in [1.807, 2.05) is 30.3 Å². The number of nitriles is 1. The van der Waals surface area contributed by atoms with E-state index in [-0.39, 0.29) is 5.78 Å². The Bertz CT molecular complexity index is 1230. The van der Waals surface area contributed by atoms with Gasteiger partial charge < -0.3 is 20.1 Å². The number of rotatable bonds is 5. The fraction of sp³-hybridized carbons (Fsp3) is 0.280. The molecule has 0 saturated carbocycles. The molecule has 33 heavy (non-hydrogen) atoms. The second kappa shape index (κ2) is 9.50. The van der Waals surface area contributed by atoms with Crippen LogP contribution in [0, 0.1) is 11.3 Å². The molecule has 2 aliphatic rings. The molecule has 4 rings (SSSR count). The number of hydrogen-bond donors (Lipinski definition) is 1. The summed E-state index contributed by atoms with van der Waals surface area (Å²) in [5.74, 6) is 0.869. The van der Waals surface area contributed by atoms with Crippen LogP contribution >= 0.6 is 27.5 Å². The van der Waals surface area contributed by atoms with Crippen molar-refractivity contribution >= 4 is 33.3 Å². The molecule has 0 saturated heterocycles. The molecule has 0 radical (unpaired) electrons.